The van der Waals surface area contributed by atoms with Gasteiger partial charge in [0.05, 0.1) is 17.7 Å². The minimum Gasteiger partial charge on any atom is -0.388 e. The van der Waals surface area contributed by atoms with E-state index in [0.717, 1.165) is 18.4 Å². The second kappa shape index (κ2) is 4.46. The normalized spacial score (nSPS) is 21.8. The molecule has 0 spiro atoms. The Hall–Kier alpha value is -1.66. The van der Waals surface area contributed by atoms with Gasteiger partial charge in [0.15, 0.2) is 0 Å². The lowest BCUT2D eigenvalue weighted by atomic mass is 9.93. The van der Waals surface area contributed by atoms with Crippen LogP contribution < -0.4 is 0 Å². The van der Waals surface area contributed by atoms with Crippen molar-refractivity contribution >= 4 is 5.78 Å². The van der Waals surface area contributed by atoms with Crippen LogP contribution in [0.5, 0.6) is 0 Å². The molecule has 0 aliphatic heterocycles. The number of aliphatic hydroxyl groups is 1. The van der Waals surface area contributed by atoms with E-state index in [1.807, 2.05) is 6.07 Å². The van der Waals surface area contributed by atoms with Crippen molar-refractivity contribution in [1.82, 2.24) is 0 Å². The number of Topliss-reactive ketones (excluding diaryl/α,β-unsaturated/α-hetero) is 1. The van der Waals surface area contributed by atoms with E-state index < -0.39 is 6.10 Å². The minimum absolute atomic E-state index is 0.150. The highest BCUT2D eigenvalue weighted by Gasteiger charge is 2.31. The molecule has 1 aliphatic carbocycles. The molecule has 1 aliphatic rings. The summed E-state index contributed by atoms with van der Waals surface area (Å²) in [7, 11) is 0. The summed E-state index contributed by atoms with van der Waals surface area (Å²) in [6, 6.07) is 8.79. The second-order valence-electron chi connectivity index (χ2n) is 4.14. The third-order valence-electron chi connectivity index (χ3n) is 3.11. The van der Waals surface area contributed by atoms with Crippen LogP contribution in [0.25, 0.3) is 0 Å². The van der Waals surface area contributed by atoms with Gasteiger partial charge in [-0.2, -0.15) is 5.26 Å². The molecule has 16 heavy (non-hydrogen) atoms. The molecule has 1 saturated carbocycles. The van der Waals surface area contributed by atoms with Gasteiger partial charge in [-0.1, -0.05) is 12.1 Å². The number of hydrogen-bond acceptors (Lipinski definition) is 3. The van der Waals surface area contributed by atoms with E-state index in [4.69, 9.17) is 5.26 Å². The van der Waals surface area contributed by atoms with Gasteiger partial charge in [0, 0.05) is 12.3 Å². The summed E-state index contributed by atoms with van der Waals surface area (Å²) in [5, 5.41) is 18.7. The summed E-state index contributed by atoms with van der Waals surface area (Å²) in [5.41, 5.74) is 1.29. The first-order valence-corrected chi connectivity index (χ1v) is 5.43. The molecule has 0 radical (unpaired) electrons. The first-order valence-electron chi connectivity index (χ1n) is 5.43. The maximum atomic E-state index is 11.5. The molecule has 82 valence electrons. The smallest absolute Gasteiger partial charge is 0.138 e. The van der Waals surface area contributed by atoms with Crippen molar-refractivity contribution in [3.8, 4) is 6.07 Å². The molecule has 2 atom stereocenters. The first kappa shape index (κ1) is 10.8. The SMILES string of the molecule is N#Cc1ccc([C@@H](O)[C@@H]2CCCC2=O)cc1. The highest BCUT2D eigenvalue weighted by Crippen LogP contribution is 2.33. The fourth-order valence-corrected chi connectivity index (χ4v) is 2.16. The van der Waals surface area contributed by atoms with E-state index in [-0.39, 0.29) is 11.7 Å². The lowest BCUT2D eigenvalue weighted by Crippen LogP contribution is -2.16. The summed E-state index contributed by atoms with van der Waals surface area (Å²) >= 11 is 0. The van der Waals surface area contributed by atoms with E-state index in [2.05, 4.69) is 0 Å². The number of benzene rings is 1. The van der Waals surface area contributed by atoms with Gasteiger partial charge in [-0.3, -0.25) is 4.79 Å². The number of aliphatic hydroxyl groups excluding tert-OH is 1. The molecule has 1 N–H and O–H groups in total. The van der Waals surface area contributed by atoms with Crippen molar-refractivity contribution in [2.75, 3.05) is 0 Å². The zero-order valence-electron chi connectivity index (χ0n) is 8.89. The quantitative estimate of drug-likeness (QED) is 0.820. The average Bonchev–Trinajstić information content (AvgIpc) is 2.75. The van der Waals surface area contributed by atoms with Gasteiger partial charge in [0.25, 0.3) is 0 Å². The Morgan fingerprint density at radius 2 is 2.06 bits per heavy atom. The predicted octanol–water partition coefficient (Wildman–Crippen LogP) is 1.96. The molecule has 0 saturated heterocycles. The van der Waals surface area contributed by atoms with Gasteiger partial charge in [0.2, 0.25) is 0 Å². The average molecular weight is 215 g/mol. The van der Waals surface area contributed by atoms with Crippen LogP contribution in [-0.4, -0.2) is 10.9 Å². The monoisotopic (exact) mass is 215 g/mol. The third-order valence-corrected chi connectivity index (χ3v) is 3.11. The number of nitrogens with zero attached hydrogens (tertiary/aromatic N) is 1. The molecular weight excluding hydrogens is 202 g/mol. The Balaban J connectivity index is 2.17. The fraction of sp³-hybridized carbons (Fsp3) is 0.385. The van der Waals surface area contributed by atoms with Crippen LogP contribution in [0.15, 0.2) is 24.3 Å². The Morgan fingerprint density at radius 3 is 2.56 bits per heavy atom. The number of ketones is 1. The maximum absolute atomic E-state index is 11.5. The second-order valence-corrected chi connectivity index (χ2v) is 4.14. The summed E-state index contributed by atoms with van der Waals surface area (Å²) < 4.78 is 0. The van der Waals surface area contributed by atoms with Gasteiger partial charge in [-0.05, 0) is 30.5 Å². The van der Waals surface area contributed by atoms with Crippen molar-refractivity contribution in [3.05, 3.63) is 35.4 Å². The van der Waals surface area contributed by atoms with E-state index >= 15 is 0 Å². The summed E-state index contributed by atoms with van der Waals surface area (Å²) in [5.74, 6) is -0.107. The lowest BCUT2D eigenvalue weighted by molar-refractivity contribution is -0.123. The van der Waals surface area contributed by atoms with Gasteiger partial charge in [-0.25, -0.2) is 0 Å². The summed E-state index contributed by atoms with van der Waals surface area (Å²) in [4.78, 5) is 11.5. The molecule has 1 aromatic rings. The minimum atomic E-state index is -0.720. The third kappa shape index (κ3) is 1.98. The van der Waals surface area contributed by atoms with Crippen molar-refractivity contribution in [2.24, 2.45) is 5.92 Å². The highest BCUT2D eigenvalue weighted by molar-refractivity contribution is 5.83. The lowest BCUT2D eigenvalue weighted by Gasteiger charge is -2.16. The number of nitriles is 1. The van der Waals surface area contributed by atoms with Gasteiger partial charge in [0.1, 0.15) is 5.78 Å². The van der Waals surface area contributed by atoms with Crippen LogP contribution in [0.3, 0.4) is 0 Å². The Labute approximate surface area is 94.3 Å². The maximum Gasteiger partial charge on any atom is 0.138 e. The van der Waals surface area contributed by atoms with Gasteiger partial charge >= 0.3 is 0 Å². The van der Waals surface area contributed by atoms with Gasteiger partial charge < -0.3 is 5.11 Å². The molecule has 0 aromatic heterocycles. The van der Waals surface area contributed by atoms with Crippen molar-refractivity contribution in [2.45, 2.75) is 25.4 Å². The molecule has 2 rings (SSSR count). The van der Waals surface area contributed by atoms with Crippen molar-refractivity contribution < 1.29 is 9.90 Å². The Kier molecular flexibility index (Phi) is 3.02. The van der Waals surface area contributed by atoms with Crippen molar-refractivity contribution in [3.63, 3.8) is 0 Å². The molecular formula is C13H13NO2. The molecule has 0 heterocycles. The van der Waals surface area contributed by atoms with Crippen LogP contribution >= 0.6 is 0 Å². The van der Waals surface area contributed by atoms with E-state index in [9.17, 15) is 9.90 Å². The topological polar surface area (TPSA) is 61.1 Å². The largest absolute Gasteiger partial charge is 0.388 e. The van der Waals surface area contributed by atoms with E-state index in [0.29, 0.717) is 12.0 Å². The first-order chi connectivity index (χ1) is 7.72. The Bertz CT molecular complexity index is 430. The van der Waals surface area contributed by atoms with Crippen LogP contribution in [0.2, 0.25) is 0 Å². The molecule has 3 heteroatoms. The molecule has 1 aromatic carbocycles. The summed E-state index contributed by atoms with van der Waals surface area (Å²) in [6.07, 6.45) is 1.50. The zero-order valence-corrected chi connectivity index (χ0v) is 8.89. The van der Waals surface area contributed by atoms with Gasteiger partial charge in [-0.15, -0.1) is 0 Å². The highest BCUT2D eigenvalue weighted by atomic mass is 16.3. The molecule has 0 unspecified atom stereocenters. The Morgan fingerprint density at radius 1 is 1.38 bits per heavy atom. The zero-order chi connectivity index (χ0) is 11.5. The number of carbonyl (C=O) groups is 1. The van der Waals surface area contributed by atoms with Crippen LogP contribution in [-0.2, 0) is 4.79 Å². The van der Waals surface area contributed by atoms with Crippen molar-refractivity contribution in [1.29, 1.82) is 5.26 Å². The number of hydrogen-bond donors (Lipinski definition) is 1. The molecule has 1 fully saturated rings. The number of rotatable bonds is 2. The summed E-state index contributed by atoms with van der Waals surface area (Å²) in [6.45, 7) is 0. The predicted molar refractivity (Wildman–Crippen MR) is 58.5 cm³/mol. The number of carbonyl (C=O) groups excluding carboxylic acids is 1. The molecule has 0 amide bonds. The van der Waals surface area contributed by atoms with E-state index in [1.54, 1.807) is 24.3 Å². The van der Waals surface area contributed by atoms with Crippen LogP contribution in [0, 0.1) is 17.2 Å². The molecule has 0 bridgehead atoms. The molecule has 3 nitrogen and oxygen atoms in total. The van der Waals surface area contributed by atoms with E-state index in [1.165, 1.54) is 0 Å². The van der Waals surface area contributed by atoms with Crippen LogP contribution in [0.1, 0.15) is 36.5 Å². The standard InChI is InChI=1S/C13H13NO2/c14-8-9-4-6-10(7-5-9)13(16)11-2-1-3-12(11)15/h4-7,11,13,16H,1-3H2/t11-,13-/m1/s1. The van der Waals surface area contributed by atoms with Crippen LogP contribution in [0.4, 0.5) is 0 Å². The fourth-order valence-electron chi connectivity index (χ4n) is 2.16.